The van der Waals surface area contributed by atoms with E-state index in [0.29, 0.717) is 50.7 Å². The van der Waals surface area contributed by atoms with E-state index in [9.17, 15) is 27.2 Å². The van der Waals surface area contributed by atoms with Crippen molar-refractivity contribution in [2.24, 2.45) is 21.7 Å². The molecular weight excluding hydrogens is 710 g/mol. The van der Waals surface area contributed by atoms with E-state index in [1.54, 1.807) is 21.6 Å². The maximum atomic E-state index is 13.5. The third-order valence-corrected chi connectivity index (χ3v) is 8.92. The zero-order valence-electron chi connectivity index (χ0n) is 35.9. The fourth-order valence-corrected chi connectivity index (χ4v) is 6.42. The van der Waals surface area contributed by atoms with E-state index in [0.717, 1.165) is 49.7 Å². The molecule has 320 valence electrons. The molecular formula is C43H77F4N5O3. The van der Waals surface area contributed by atoms with Gasteiger partial charge >= 0.3 is 0 Å². The summed E-state index contributed by atoms with van der Waals surface area (Å²) < 4.78 is 58.7. The van der Waals surface area contributed by atoms with E-state index in [4.69, 9.17) is 4.74 Å². The Bertz CT molecular complexity index is 1350. The molecule has 2 atom stereocenters. The standard InChI is InChI=1S/C11H20FNO.C11H18N2O.C10H17F2N.C10H18FNO.CH4/c1-10(2,3)7-9(14)13-6-5-11(4,12)8-13;1-11(2,3)8-9-7-10-13(12-9)5-4-6-14-10;1-8(5-9(2,3)4)13-6-10(11,12)7-13;1-10(2,3)6-9(13)12-5-4-8(11)7-12;/h5-8H2,1-4H3;7H,4-6,8H2,1-3H3;1,5-7H2,2-4H3;8H,4-7H2,1-3H3;1H4. The molecule has 0 aromatic carbocycles. The van der Waals surface area contributed by atoms with Gasteiger partial charge in [0.1, 0.15) is 11.8 Å². The zero-order valence-corrected chi connectivity index (χ0v) is 35.9. The van der Waals surface area contributed by atoms with Crippen LogP contribution >= 0.6 is 0 Å². The number of allylic oxidation sites excluding steroid dienone is 1. The number of nitrogens with zero attached hydrogens (tertiary/aromatic N) is 5. The van der Waals surface area contributed by atoms with Crippen LogP contribution in [0.1, 0.15) is 142 Å². The lowest BCUT2D eigenvalue weighted by Gasteiger charge is -2.42. The topological polar surface area (TPSA) is 70.9 Å². The molecule has 0 N–H and O–H groups in total. The number of carbonyl (C=O) groups excluding carboxylic acids is 2. The summed E-state index contributed by atoms with van der Waals surface area (Å²) in [5, 5.41) is 4.53. The van der Waals surface area contributed by atoms with Gasteiger partial charge in [0.15, 0.2) is 0 Å². The number of ether oxygens (including phenoxy) is 1. The van der Waals surface area contributed by atoms with Crippen molar-refractivity contribution in [1.82, 2.24) is 24.5 Å². The number of aromatic nitrogens is 2. The van der Waals surface area contributed by atoms with Crippen LogP contribution in [0.4, 0.5) is 17.6 Å². The van der Waals surface area contributed by atoms with Crippen LogP contribution in [0.15, 0.2) is 18.3 Å². The lowest BCUT2D eigenvalue weighted by molar-refractivity contribution is -0.133. The van der Waals surface area contributed by atoms with Crippen LogP contribution in [0.2, 0.25) is 0 Å². The van der Waals surface area contributed by atoms with E-state index < -0.39 is 17.8 Å². The third-order valence-electron chi connectivity index (χ3n) is 8.92. The number of hydrogen-bond donors (Lipinski definition) is 0. The summed E-state index contributed by atoms with van der Waals surface area (Å²) in [4.78, 5) is 28.2. The van der Waals surface area contributed by atoms with E-state index in [1.165, 1.54) is 0 Å². The second-order valence-corrected chi connectivity index (χ2v) is 20.8. The van der Waals surface area contributed by atoms with Crippen molar-refractivity contribution in [3.05, 3.63) is 24.0 Å². The fraction of sp³-hybridized carbons (Fsp3) is 0.837. The van der Waals surface area contributed by atoms with Crippen molar-refractivity contribution < 1.29 is 31.9 Å². The molecule has 2 unspecified atom stereocenters. The molecule has 0 aliphatic carbocycles. The van der Waals surface area contributed by atoms with Gasteiger partial charge in [-0.05, 0) is 47.8 Å². The third kappa shape index (κ3) is 20.3. The maximum Gasteiger partial charge on any atom is 0.282 e. The average Bonchev–Trinajstić information content (AvgIpc) is 3.66. The summed E-state index contributed by atoms with van der Waals surface area (Å²) in [6, 6.07) is 2.07. The number of halogens is 4. The quantitative estimate of drug-likeness (QED) is 0.278. The molecule has 1 aromatic rings. The van der Waals surface area contributed by atoms with Crippen LogP contribution in [0, 0.1) is 21.7 Å². The van der Waals surface area contributed by atoms with Gasteiger partial charge in [-0.25, -0.2) is 22.2 Å². The summed E-state index contributed by atoms with van der Waals surface area (Å²) in [5.74, 6) is -1.37. The summed E-state index contributed by atoms with van der Waals surface area (Å²) in [7, 11) is 0. The lowest BCUT2D eigenvalue weighted by atomic mass is 9.89. The van der Waals surface area contributed by atoms with Crippen molar-refractivity contribution in [3.8, 4) is 5.88 Å². The van der Waals surface area contributed by atoms with Crippen molar-refractivity contribution in [2.75, 3.05) is 45.9 Å². The minimum Gasteiger partial charge on any atom is -0.478 e. The van der Waals surface area contributed by atoms with Crippen LogP contribution in [0.25, 0.3) is 0 Å². The Labute approximate surface area is 331 Å². The van der Waals surface area contributed by atoms with Gasteiger partial charge in [0, 0.05) is 57.1 Å². The lowest BCUT2D eigenvalue weighted by Crippen LogP contribution is -2.55. The summed E-state index contributed by atoms with van der Waals surface area (Å²) in [5.41, 5.74) is 1.23. The predicted molar refractivity (Wildman–Crippen MR) is 217 cm³/mol. The molecule has 55 heavy (non-hydrogen) atoms. The van der Waals surface area contributed by atoms with Crippen molar-refractivity contribution in [1.29, 1.82) is 0 Å². The molecule has 3 fully saturated rings. The minimum absolute atomic E-state index is 0. The Balaban J connectivity index is 0.000000365. The molecule has 1 aromatic heterocycles. The Morgan fingerprint density at radius 3 is 1.73 bits per heavy atom. The van der Waals surface area contributed by atoms with Crippen molar-refractivity contribution >= 4 is 11.8 Å². The van der Waals surface area contributed by atoms with E-state index in [2.05, 4.69) is 59.3 Å². The zero-order chi connectivity index (χ0) is 41.5. The Morgan fingerprint density at radius 1 is 0.800 bits per heavy atom. The monoisotopic (exact) mass is 788 g/mol. The normalized spacial score (nSPS) is 21.9. The molecule has 5 heterocycles. The first-order chi connectivity index (χ1) is 24.3. The second kappa shape index (κ2) is 19.6. The van der Waals surface area contributed by atoms with E-state index >= 15 is 0 Å². The van der Waals surface area contributed by atoms with Crippen LogP contribution in [-0.4, -0.2) is 99.9 Å². The van der Waals surface area contributed by atoms with Crippen LogP contribution in [0.5, 0.6) is 5.88 Å². The van der Waals surface area contributed by atoms with Gasteiger partial charge < -0.3 is 19.4 Å². The Kier molecular flexibility index (Phi) is 17.9. The van der Waals surface area contributed by atoms with Crippen LogP contribution in [-0.2, 0) is 22.6 Å². The maximum absolute atomic E-state index is 13.5. The summed E-state index contributed by atoms with van der Waals surface area (Å²) in [6.45, 7) is 33.7. The number of amides is 2. The molecule has 0 spiro atoms. The molecule has 5 rings (SSSR count). The SMILES string of the molecule is C.C=C(CC(C)(C)C)N1CC(F)(F)C1.CC(C)(C)CC(=O)N1CCC(C)(F)C1.CC(C)(C)CC(=O)N1CCC(F)C1.CC(C)(C)Cc1cc2n(n1)CCCO2. The minimum atomic E-state index is -2.49. The number of carbonyl (C=O) groups is 2. The van der Waals surface area contributed by atoms with Crippen LogP contribution in [0.3, 0.4) is 0 Å². The molecule has 0 radical (unpaired) electrons. The first kappa shape index (κ1) is 50.2. The molecule has 8 nitrogen and oxygen atoms in total. The molecule has 4 aliphatic rings. The van der Waals surface area contributed by atoms with Crippen molar-refractivity contribution in [3.63, 3.8) is 0 Å². The highest BCUT2D eigenvalue weighted by Gasteiger charge is 2.44. The Morgan fingerprint density at radius 2 is 1.33 bits per heavy atom. The van der Waals surface area contributed by atoms with Crippen LogP contribution < -0.4 is 4.74 Å². The number of likely N-dealkylation sites (tertiary alicyclic amines) is 3. The second-order valence-electron chi connectivity index (χ2n) is 20.8. The van der Waals surface area contributed by atoms with Gasteiger partial charge in [0.05, 0.1) is 38.5 Å². The van der Waals surface area contributed by atoms with Gasteiger partial charge in [-0.15, -0.1) is 0 Å². The number of fused-ring (bicyclic) bond motifs is 1. The summed E-state index contributed by atoms with van der Waals surface area (Å²) in [6.07, 6.45) is 4.06. The molecule has 12 heteroatoms. The van der Waals surface area contributed by atoms with Gasteiger partial charge in [-0.2, -0.15) is 5.10 Å². The average molecular weight is 788 g/mol. The molecule has 2 amide bonds. The molecule has 4 aliphatic heterocycles. The number of alkyl halides is 4. The smallest absolute Gasteiger partial charge is 0.282 e. The number of hydrogen-bond acceptors (Lipinski definition) is 5. The van der Waals surface area contributed by atoms with E-state index in [-0.39, 0.29) is 55.1 Å². The highest BCUT2D eigenvalue weighted by molar-refractivity contribution is 5.77. The molecule has 0 saturated carbocycles. The molecule has 0 bridgehead atoms. The first-order valence-corrected chi connectivity index (χ1v) is 19.7. The molecule has 3 saturated heterocycles. The Hall–Kier alpha value is -2.79. The van der Waals surface area contributed by atoms with E-state index in [1.807, 2.05) is 46.2 Å². The number of rotatable bonds is 5. The number of aryl methyl sites for hydroxylation is 1. The van der Waals surface area contributed by atoms with Gasteiger partial charge in [0.2, 0.25) is 17.7 Å². The highest BCUT2D eigenvalue weighted by atomic mass is 19.3. The first-order valence-electron chi connectivity index (χ1n) is 19.7. The van der Waals surface area contributed by atoms with Gasteiger partial charge in [-0.3, -0.25) is 9.59 Å². The fourth-order valence-electron chi connectivity index (χ4n) is 6.42. The van der Waals surface area contributed by atoms with Gasteiger partial charge in [-0.1, -0.05) is 97.1 Å². The van der Waals surface area contributed by atoms with Gasteiger partial charge in [0.25, 0.3) is 5.92 Å². The predicted octanol–water partition coefficient (Wildman–Crippen LogP) is 10.2. The summed E-state index contributed by atoms with van der Waals surface area (Å²) >= 11 is 0. The highest BCUT2D eigenvalue weighted by Crippen LogP contribution is 2.34. The largest absolute Gasteiger partial charge is 0.478 e. The van der Waals surface area contributed by atoms with Crippen molar-refractivity contribution in [2.45, 2.75) is 167 Å².